The molecule has 0 saturated heterocycles. The van der Waals surface area contributed by atoms with E-state index < -0.39 is 6.04 Å². The molecule has 6 heteroatoms. The van der Waals surface area contributed by atoms with Crippen molar-refractivity contribution in [3.8, 4) is 0 Å². The van der Waals surface area contributed by atoms with Gasteiger partial charge in [-0.1, -0.05) is 43.4 Å². The highest BCUT2D eigenvalue weighted by atomic mass is 35.5. The van der Waals surface area contributed by atoms with E-state index in [1.807, 2.05) is 12.1 Å². The fourth-order valence-electron chi connectivity index (χ4n) is 3.93. The molecule has 1 aliphatic rings. The normalized spacial score (nSPS) is 16.2. The summed E-state index contributed by atoms with van der Waals surface area (Å²) >= 11 is 6.37. The molecule has 1 aliphatic carbocycles. The monoisotopic (exact) mass is 378 g/mol. The number of amides is 1. The van der Waals surface area contributed by atoms with Gasteiger partial charge >= 0.3 is 0 Å². The average Bonchev–Trinajstić information content (AvgIpc) is 2.80. The topological polar surface area (TPSA) is 74.5 Å². The van der Waals surface area contributed by atoms with Crippen LogP contribution in [0.25, 0.3) is 10.9 Å². The van der Waals surface area contributed by atoms with Crippen LogP contribution in [-0.4, -0.2) is 33.9 Å². The number of halogens is 1. The molecule has 142 valence electrons. The predicted octanol–water partition coefficient (Wildman–Crippen LogP) is 4.12. The second kappa shape index (κ2) is 8.89. The molecule has 0 spiro atoms. The first-order valence-electron chi connectivity index (χ1n) is 9.44. The Hall–Kier alpha value is -1.56. The van der Waals surface area contributed by atoms with Crippen LogP contribution in [0.2, 0.25) is 5.02 Å². The van der Waals surface area contributed by atoms with Gasteiger partial charge in [0.1, 0.15) is 0 Å². The van der Waals surface area contributed by atoms with Crippen LogP contribution >= 0.6 is 11.6 Å². The Kier molecular flexibility index (Phi) is 6.57. The van der Waals surface area contributed by atoms with E-state index in [0.29, 0.717) is 23.0 Å². The first-order chi connectivity index (χ1) is 12.6. The Morgan fingerprint density at radius 3 is 2.54 bits per heavy atom. The summed E-state index contributed by atoms with van der Waals surface area (Å²) in [5, 5.41) is 23.4. The number of anilines is 1. The quantitative estimate of drug-likeness (QED) is 0.662. The zero-order valence-corrected chi connectivity index (χ0v) is 15.7. The Morgan fingerprint density at radius 2 is 1.88 bits per heavy atom. The van der Waals surface area contributed by atoms with Gasteiger partial charge in [-0.05, 0) is 30.9 Å². The number of carbonyl (C=O) groups is 1. The third-order valence-electron chi connectivity index (χ3n) is 5.35. The van der Waals surface area contributed by atoms with Gasteiger partial charge in [0.15, 0.2) is 0 Å². The van der Waals surface area contributed by atoms with Crippen LogP contribution in [-0.2, 0) is 4.79 Å². The summed E-state index contributed by atoms with van der Waals surface area (Å²) in [6.45, 7) is -0.384. The standard InChI is InChI=1S/C20H27ClN2O3/c21-16-8-5-9-18-20(16)17(11-23(18)15(12-24)13-25)22-19(26)10-14-6-3-1-2-4-7-14/h5,8-9,11,14-15,24-25H,1-4,6-7,10,12-13H2,(H,22,26). The molecular weight excluding hydrogens is 352 g/mol. The number of hydrogen-bond acceptors (Lipinski definition) is 3. The molecule has 2 aromatic rings. The van der Waals surface area contributed by atoms with E-state index in [9.17, 15) is 15.0 Å². The van der Waals surface area contributed by atoms with Gasteiger partial charge in [0.25, 0.3) is 0 Å². The summed E-state index contributed by atoms with van der Waals surface area (Å²) in [6.07, 6.45) is 9.48. The van der Waals surface area contributed by atoms with E-state index in [1.165, 1.54) is 25.7 Å². The van der Waals surface area contributed by atoms with Crippen LogP contribution < -0.4 is 5.32 Å². The molecular formula is C20H27ClN2O3. The van der Waals surface area contributed by atoms with E-state index in [0.717, 1.165) is 23.7 Å². The van der Waals surface area contributed by atoms with Gasteiger partial charge in [-0.2, -0.15) is 0 Å². The Labute approximate surface area is 159 Å². The summed E-state index contributed by atoms with van der Waals surface area (Å²) in [6, 6.07) is 5.01. The van der Waals surface area contributed by atoms with Crippen LogP contribution in [0.15, 0.2) is 24.4 Å². The Morgan fingerprint density at radius 1 is 1.19 bits per heavy atom. The molecule has 0 unspecified atom stereocenters. The highest BCUT2D eigenvalue weighted by molar-refractivity contribution is 6.36. The maximum Gasteiger partial charge on any atom is 0.224 e. The van der Waals surface area contributed by atoms with Crippen LogP contribution in [0, 0.1) is 5.92 Å². The van der Waals surface area contributed by atoms with Crippen LogP contribution in [0.4, 0.5) is 5.69 Å². The largest absolute Gasteiger partial charge is 0.394 e. The number of hydrogen-bond donors (Lipinski definition) is 3. The number of nitrogens with zero attached hydrogens (tertiary/aromatic N) is 1. The zero-order valence-electron chi connectivity index (χ0n) is 15.0. The van der Waals surface area contributed by atoms with Crippen molar-refractivity contribution in [3.63, 3.8) is 0 Å². The summed E-state index contributed by atoms with van der Waals surface area (Å²) < 4.78 is 1.78. The number of benzene rings is 1. The van der Waals surface area contributed by atoms with E-state index in [-0.39, 0.29) is 19.1 Å². The smallest absolute Gasteiger partial charge is 0.224 e. The lowest BCUT2D eigenvalue weighted by Gasteiger charge is -2.14. The Bertz CT molecular complexity index is 747. The van der Waals surface area contributed by atoms with Crippen molar-refractivity contribution < 1.29 is 15.0 Å². The maximum atomic E-state index is 12.6. The molecule has 1 heterocycles. The molecule has 1 amide bonds. The fourth-order valence-corrected chi connectivity index (χ4v) is 4.20. The molecule has 1 aromatic heterocycles. The van der Waals surface area contributed by atoms with Crippen molar-refractivity contribution in [2.24, 2.45) is 5.92 Å². The molecule has 5 nitrogen and oxygen atoms in total. The highest BCUT2D eigenvalue weighted by Gasteiger charge is 2.20. The van der Waals surface area contributed by atoms with Crippen molar-refractivity contribution in [1.82, 2.24) is 4.57 Å². The first-order valence-corrected chi connectivity index (χ1v) is 9.82. The van der Waals surface area contributed by atoms with Crippen LogP contribution in [0.1, 0.15) is 51.0 Å². The zero-order chi connectivity index (χ0) is 18.5. The third-order valence-corrected chi connectivity index (χ3v) is 5.66. The summed E-state index contributed by atoms with van der Waals surface area (Å²) in [5.74, 6) is 0.448. The summed E-state index contributed by atoms with van der Waals surface area (Å²) in [7, 11) is 0. The van der Waals surface area contributed by atoms with Gasteiger partial charge in [-0.15, -0.1) is 0 Å². The first kappa shape index (κ1) is 19.2. The van der Waals surface area contributed by atoms with Crippen molar-refractivity contribution in [3.05, 3.63) is 29.4 Å². The van der Waals surface area contributed by atoms with Crippen molar-refractivity contribution >= 4 is 34.1 Å². The fraction of sp³-hybridized carbons (Fsp3) is 0.550. The number of aliphatic hydroxyl groups is 2. The summed E-state index contributed by atoms with van der Waals surface area (Å²) in [4.78, 5) is 12.6. The van der Waals surface area contributed by atoms with Gasteiger partial charge in [0, 0.05) is 18.0 Å². The third kappa shape index (κ3) is 4.22. The maximum absolute atomic E-state index is 12.6. The van der Waals surface area contributed by atoms with Gasteiger partial charge in [0.2, 0.25) is 5.91 Å². The molecule has 0 bridgehead atoms. The highest BCUT2D eigenvalue weighted by Crippen LogP contribution is 2.35. The molecule has 0 radical (unpaired) electrons. The number of aliphatic hydroxyl groups excluding tert-OH is 2. The number of nitrogens with one attached hydrogen (secondary N) is 1. The van der Waals surface area contributed by atoms with Gasteiger partial charge < -0.3 is 20.1 Å². The van der Waals surface area contributed by atoms with Crippen molar-refractivity contribution in [2.75, 3.05) is 18.5 Å². The minimum absolute atomic E-state index is 0.000386. The van der Waals surface area contributed by atoms with E-state index >= 15 is 0 Å². The molecule has 0 aliphatic heterocycles. The molecule has 3 N–H and O–H groups in total. The van der Waals surface area contributed by atoms with Crippen LogP contribution in [0.5, 0.6) is 0 Å². The SMILES string of the molecule is O=C(CC1CCCCCC1)Nc1cn(C(CO)CO)c2cccc(Cl)c12. The average molecular weight is 379 g/mol. The molecule has 1 fully saturated rings. The molecule has 1 saturated carbocycles. The second-order valence-electron chi connectivity index (χ2n) is 7.21. The van der Waals surface area contributed by atoms with Crippen molar-refractivity contribution in [2.45, 2.75) is 51.0 Å². The number of fused-ring (bicyclic) bond motifs is 1. The lowest BCUT2D eigenvalue weighted by Crippen LogP contribution is -2.17. The number of aromatic nitrogens is 1. The number of rotatable bonds is 6. The molecule has 0 atom stereocenters. The van der Waals surface area contributed by atoms with E-state index in [4.69, 9.17) is 11.6 Å². The Balaban J connectivity index is 1.83. The predicted molar refractivity (Wildman–Crippen MR) is 105 cm³/mol. The van der Waals surface area contributed by atoms with Gasteiger partial charge in [-0.3, -0.25) is 4.79 Å². The van der Waals surface area contributed by atoms with Gasteiger partial charge in [0.05, 0.1) is 35.5 Å². The molecule has 1 aromatic carbocycles. The summed E-state index contributed by atoms with van der Waals surface area (Å²) in [5.41, 5.74) is 1.42. The lowest BCUT2D eigenvalue weighted by molar-refractivity contribution is -0.117. The molecule has 26 heavy (non-hydrogen) atoms. The molecule has 3 rings (SSSR count). The minimum atomic E-state index is -0.469. The van der Waals surface area contributed by atoms with E-state index in [2.05, 4.69) is 5.32 Å². The van der Waals surface area contributed by atoms with Gasteiger partial charge in [-0.25, -0.2) is 0 Å². The lowest BCUT2D eigenvalue weighted by atomic mass is 9.96. The number of carbonyl (C=O) groups excluding carboxylic acids is 1. The van der Waals surface area contributed by atoms with Crippen molar-refractivity contribution in [1.29, 1.82) is 0 Å². The van der Waals surface area contributed by atoms with Crippen LogP contribution in [0.3, 0.4) is 0 Å². The minimum Gasteiger partial charge on any atom is -0.394 e. The van der Waals surface area contributed by atoms with E-state index in [1.54, 1.807) is 16.8 Å². The second-order valence-corrected chi connectivity index (χ2v) is 7.62.